The van der Waals surface area contributed by atoms with E-state index in [1.54, 1.807) is 6.07 Å². The van der Waals surface area contributed by atoms with Crippen molar-refractivity contribution in [3.05, 3.63) is 18.0 Å². The molecule has 2 heterocycles. The van der Waals surface area contributed by atoms with Crippen molar-refractivity contribution in [2.24, 2.45) is 0 Å². The summed E-state index contributed by atoms with van der Waals surface area (Å²) >= 11 is 0. The average molecular weight is 302 g/mol. The van der Waals surface area contributed by atoms with Gasteiger partial charge >= 0.3 is 6.18 Å². The van der Waals surface area contributed by atoms with Crippen LogP contribution in [0.1, 0.15) is 26.6 Å². The molecule has 2 rings (SSSR count). The second kappa shape index (κ2) is 5.47. The van der Waals surface area contributed by atoms with Gasteiger partial charge in [-0.05, 0) is 32.9 Å². The van der Waals surface area contributed by atoms with Crippen molar-refractivity contribution < 1.29 is 13.2 Å². The van der Waals surface area contributed by atoms with E-state index in [0.717, 1.165) is 0 Å². The molecule has 0 aliphatic heterocycles. The van der Waals surface area contributed by atoms with Crippen molar-refractivity contribution in [2.75, 3.05) is 18.4 Å². The van der Waals surface area contributed by atoms with Crippen molar-refractivity contribution in [3.63, 3.8) is 0 Å². The molecule has 0 amide bonds. The molecule has 0 fully saturated rings. The monoisotopic (exact) mass is 302 g/mol. The topological polar surface area (TPSA) is 67.1 Å². The van der Waals surface area contributed by atoms with Crippen molar-refractivity contribution in [3.8, 4) is 0 Å². The van der Waals surface area contributed by atoms with Crippen molar-refractivity contribution in [2.45, 2.75) is 32.5 Å². The van der Waals surface area contributed by atoms with E-state index in [-0.39, 0.29) is 11.2 Å². The van der Waals surface area contributed by atoms with Gasteiger partial charge < -0.3 is 10.6 Å². The number of halogens is 3. The molecule has 0 saturated carbocycles. The largest absolute Gasteiger partial charge is 0.453 e. The van der Waals surface area contributed by atoms with E-state index in [1.165, 1.54) is 6.07 Å². The molecule has 2 aromatic rings. The Morgan fingerprint density at radius 1 is 1.10 bits per heavy atom. The Labute approximate surface area is 119 Å². The highest BCUT2D eigenvalue weighted by atomic mass is 19.4. The van der Waals surface area contributed by atoms with Crippen LogP contribution in [0.4, 0.5) is 19.0 Å². The normalized spacial score (nSPS) is 12.9. The van der Waals surface area contributed by atoms with E-state index in [0.29, 0.717) is 23.4 Å². The molecular weight excluding hydrogens is 285 g/mol. The molecule has 0 saturated heterocycles. The first kappa shape index (κ1) is 15.5. The van der Waals surface area contributed by atoms with Crippen LogP contribution >= 0.6 is 0 Å². The van der Waals surface area contributed by atoms with Gasteiger partial charge in [-0.15, -0.1) is 15.3 Å². The van der Waals surface area contributed by atoms with Gasteiger partial charge in [-0.2, -0.15) is 17.7 Å². The van der Waals surface area contributed by atoms with Gasteiger partial charge in [0.2, 0.25) is 0 Å². The summed E-state index contributed by atoms with van der Waals surface area (Å²) in [6.07, 6.45) is -4.58. The minimum Gasteiger partial charge on any atom is -0.367 e. The lowest BCUT2D eigenvalue weighted by Gasteiger charge is -2.20. The fraction of sp³-hybridized carbons (Fsp3) is 0.583. The predicted octanol–water partition coefficient (Wildman–Crippen LogP) is 1.94. The number of nitrogens with one attached hydrogen (secondary N) is 2. The van der Waals surface area contributed by atoms with Crippen LogP contribution in [0.15, 0.2) is 12.1 Å². The fourth-order valence-electron chi connectivity index (χ4n) is 1.69. The van der Waals surface area contributed by atoms with Crippen molar-refractivity contribution in [1.82, 2.24) is 25.1 Å². The van der Waals surface area contributed by atoms with Gasteiger partial charge in [0, 0.05) is 18.6 Å². The summed E-state index contributed by atoms with van der Waals surface area (Å²) < 4.78 is 38.9. The lowest BCUT2D eigenvalue weighted by molar-refractivity contribution is -0.146. The summed E-state index contributed by atoms with van der Waals surface area (Å²) in [5.74, 6) is -0.794. The smallest absolute Gasteiger partial charge is 0.367 e. The number of hydrogen-bond donors (Lipinski definition) is 2. The number of anilines is 1. The van der Waals surface area contributed by atoms with Gasteiger partial charge in [0.05, 0.1) is 0 Å². The first-order valence-corrected chi connectivity index (χ1v) is 6.45. The van der Waals surface area contributed by atoms with E-state index < -0.39 is 12.0 Å². The van der Waals surface area contributed by atoms with Crippen molar-refractivity contribution in [1.29, 1.82) is 0 Å². The maximum Gasteiger partial charge on any atom is 0.453 e. The number of nitrogens with zero attached hydrogens (tertiary/aromatic N) is 4. The molecule has 6 nitrogen and oxygen atoms in total. The Hall–Kier alpha value is -1.90. The molecule has 0 aliphatic rings. The minimum absolute atomic E-state index is 0.0171. The molecule has 0 spiro atoms. The molecule has 2 N–H and O–H groups in total. The standard InChI is InChI=1S/C12H17F3N6/c1-11(2,3)17-7-6-16-8-4-5-9-18-19-10(12(13,14)15)21(9)20-8/h4-5,17H,6-7H2,1-3H3,(H,16,20). The number of aromatic nitrogens is 4. The van der Waals surface area contributed by atoms with Gasteiger partial charge in [-0.1, -0.05) is 0 Å². The molecule has 0 atom stereocenters. The number of fused-ring (bicyclic) bond motifs is 1. The lowest BCUT2D eigenvalue weighted by atomic mass is 10.1. The summed E-state index contributed by atoms with van der Waals surface area (Å²) in [5, 5.41) is 16.7. The average Bonchev–Trinajstić information content (AvgIpc) is 2.76. The highest BCUT2D eigenvalue weighted by Crippen LogP contribution is 2.27. The van der Waals surface area contributed by atoms with Crippen LogP contribution in [0.5, 0.6) is 0 Å². The third-order valence-electron chi connectivity index (χ3n) is 2.60. The van der Waals surface area contributed by atoms with E-state index in [2.05, 4.69) is 25.9 Å². The molecule has 0 aromatic carbocycles. The van der Waals surface area contributed by atoms with E-state index in [9.17, 15) is 13.2 Å². The maximum absolute atomic E-state index is 12.7. The summed E-state index contributed by atoms with van der Waals surface area (Å²) in [4.78, 5) is 0. The summed E-state index contributed by atoms with van der Waals surface area (Å²) in [6.45, 7) is 7.30. The van der Waals surface area contributed by atoms with Gasteiger partial charge in [-0.3, -0.25) is 0 Å². The summed E-state index contributed by atoms with van der Waals surface area (Å²) in [5.41, 5.74) is 0.0391. The van der Waals surface area contributed by atoms with Gasteiger partial charge in [-0.25, -0.2) is 0 Å². The molecule has 0 aliphatic carbocycles. The lowest BCUT2D eigenvalue weighted by Crippen LogP contribution is -2.38. The second-order valence-electron chi connectivity index (χ2n) is 5.61. The third kappa shape index (κ3) is 4.03. The Bertz CT molecular complexity index is 613. The van der Waals surface area contributed by atoms with Crippen LogP contribution in [-0.2, 0) is 6.18 Å². The summed E-state index contributed by atoms with van der Waals surface area (Å²) in [6, 6.07) is 3.01. The molecule has 0 bridgehead atoms. The maximum atomic E-state index is 12.7. The van der Waals surface area contributed by atoms with Crippen LogP contribution in [-0.4, -0.2) is 38.4 Å². The SMILES string of the molecule is CC(C)(C)NCCNc1ccc2nnc(C(F)(F)F)n2n1. The Kier molecular flexibility index (Phi) is 4.04. The predicted molar refractivity (Wildman–Crippen MR) is 72.0 cm³/mol. The number of hydrogen-bond acceptors (Lipinski definition) is 5. The van der Waals surface area contributed by atoms with Gasteiger partial charge in [0.15, 0.2) is 5.65 Å². The van der Waals surface area contributed by atoms with E-state index in [1.807, 2.05) is 20.8 Å². The fourth-order valence-corrected chi connectivity index (χ4v) is 1.69. The van der Waals surface area contributed by atoms with E-state index in [4.69, 9.17) is 0 Å². The Morgan fingerprint density at radius 2 is 1.81 bits per heavy atom. The first-order chi connectivity index (χ1) is 9.67. The van der Waals surface area contributed by atoms with Crippen LogP contribution < -0.4 is 10.6 Å². The van der Waals surface area contributed by atoms with Crippen LogP contribution in [0.25, 0.3) is 5.65 Å². The quantitative estimate of drug-likeness (QED) is 0.845. The zero-order chi connectivity index (χ0) is 15.7. The zero-order valence-electron chi connectivity index (χ0n) is 12.0. The molecule has 0 radical (unpaired) electrons. The molecule has 21 heavy (non-hydrogen) atoms. The zero-order valence-corrected chi connectivity index (χ0v) is 12.0. The third-order valence-corrected chi connectivity index (χ3v) is 2.60. The summed E-state index contributed by atoms with van der Waals surface area (Å²) in [7, 11) is 0. The van der Waals surface area contributed by atoms with Crippen LogP contribution in [0.2, 0.25) is 0 Å². The molecule has 9 heteroatoms. The molecule has 2 aromatic heterocycles. The van der Waals surface area contributed by atoms with Crippen LogP contribution in [0, 0.1) is 0 Å². The minimum atomic E-state index is -4.58. The molecule has 0 unspecified atom stereocenters. The first-order valence-electron chi connectivity index (χ1n) is 6.45. The van der Waals surface area contributed by atoms with E-state index >= 15 is 0 Å². The number of rotatable bonds is 4. The van der Waals surface area contributed by atoms with Crippen molar-refractivity contribution >= 4 is 11.5 Å². The van der Waals surface area contributed by atoms with Gasteiger partial charge in [0.25, 0.3) is 5.82 Å². The highest BCUT2D eigenvalue weighted by molar-refractivity contribution is 5.44. The second-order valence-corrected chi connectivity index (χ2v) is 5.61. The molecular formula is C12H17F3N6. The van der Waals surface area contributed by atoms with Crippen LogP contribution in [0.3, 0.4) is 0 Å². The van der Waals surface area contributed by atoms with Gasteiger partial charge in [0.1, 0.15) is 5.82 Å². The highest BCUT2D eigenvalue weighted by Gasteiger charge is 2.37. The number of alkyl halides is 3. The molecule has 116 valence electrons. The Morgan fingerprint density at radius 3 is 2.43 bits per heavy atom. The Balaban J connectivity index is 2.08.